The molecule has 1 fully saturated rings. The monoisotopic (exact) mass is 173 g/mol. The lowest BCUT2D eigenvalue weighted by Gasteiger charge is -2.12. The number of aliphatic hydroxyl groups excluding tert-OH is 1. The molecule has 0 heterocycles. The van der Waals surface area contributed by atoms with E-state index in [9.17, 15) is 9.90 Å². The summed E-state index contributed by atoms with van der Waals surface area (Å²) in [7, 11) is 0. The van der Waals surface area contributed by atoms with E-state index in [1.54, 1.807) is 0 Å². The van der Waals surface area contributed by atoms with Crippen molar-refractivity contribution in [2.24, 2.45) is 0 Å². The van der Waals surface area contributed by atoms with E-state index in [0.717, 1.165) is 25.7 Å². The van der Waals surface area contributed by atoms with Crippen LogP contribution in [0.15, 0.2) is 0 Å². The lowest BCUT2D eigenvalue weighted by molar-refractivity contribution is 0.155. The fraction of sp³-hybridized carbons (Fsp3) is 0.875. The van der Waals surface area contributed by atoms with Gasteiger partial charge in [-0.2, -0.15) is 0 Å². The van der Waals surface area contributed by atoms with Crippen molar-refractivity contribution in [1.29, 1.82) is 0 Å². The van der Waals surface area contributed by atoms with Crippen LogP contribution in [0.5, 0.6) is 0 Å². The van der Waals surface area contributed by atoms with Gasteiger partial charge in [0.1, 0.15) is 0 Å². The Bertz CT molecular complexity index is 160. The predicted molar refractivity (Wildman–Crippen MR) is 44.0 cm³/mol. The van der Waals surface area contributed by atoms with Crippen LogP contribution in [0.3, 0.4) is 0 Å². The van der Waals surface area contributed by atoms with E-state index in [1.807, 2.05) is 0 Å². The Morgan fingerprint density at radius 1 is 1.25 bits per heavy atom. The molecule has 3 N–H and O–H groups in total. The highest BCUT2D eigenvalue weighted by Crippen LogP contribution is 2.17. The van der Waals surface area contributed by atoms with Gasteiger partial charge < -0.3 is 15.5 Å². The topological polar surface area (TPSA) is 69.6 Å². The van der Waals surface area contributed by atoms with Gasteiger partial charge in [-0.15, -0.1) is 0 Å². The number of rotatable bonds is 1. The van der Waals surface area contributed by atoms with Gasteiger partial charge in [0.15, 0.2) is 0 Å². The summed E-state index contributed by atoms with van der Waals surface area (Å²) in [5.74, 6) is 0. The van der Waals surface area contributed by atoms with Crippen LogP contribution in [-0.2, 0) is 0 Å². The van der Waals surface area contributed by atoms with Crippen LogP contribution in [0.4, 0.5) is 4.79 Å². The summed E-state index contributed by atoms with van der Waals surface area (Å²) in [6, 6.07) is 0.0413. The molecule has 2 atom stereocenters. The highest BCUT2D eigenvalue weighted by Gasteiger charge is 2.17. The van der Waals surface area contributed by atoms with Crippen molar-refractivity contribution in [2.45, 2.75) is 44.2 Å². The zero-order valence-corrected chi connectivity index (χ0v) is 6.99. The molecule has 0 aromatic rings. The van der Waals surface area contributed by atoms with E-state index < -0.39 is 6.09 Å². The van der Waals surface area contributed by atoms with Crippen molar-refractivity contribution in [1.82, 2.24) is 5.32 Å². The molecule has 4 heteroatoms. The van der Waals surface area contributed by atoms with Crippen LogP contribution >= 0.6 is 0 Å². The van der Waals surface area contributed by atoms with E-state index in [0.29, 0.717) is 6.42 Å². The molecule has 0 bridgehead atoms. The molecule has 1 aliphatic carbocycles. The van der Waals surface area contributed by atoms with E-state index in [4.69, 9.17) is 5.11 Å². The van der Waals surface area contributed by atoms with Gasteiger partial charge in [0.2, 0.25) is 0 Å². The smallest absolute Gasteiger partial charge is 0.404 e. The molecule has 0 aliphatic heterocycles. The molecular formula is C8H15NO3. The van der Waals surface area contributed by atoms with Crippen molar-refractivity contribution >= 4 is 6.09 Å². The maximum Gasteiger partial charge on any atom is 0.404 e. The first-order valence-electron chi connectivity index (χ1n) is 4.36. The standard InChI is InChI=1S/C8H15NO3/c10-7-3-1-2-6(4-5-7)9-8(11)12/h6-7,9-10H,1-5H2,(H,11,12). The Labute approximate surface area is 71.6 Å². The number of hydrogen-bond acceptors (Lipinski definition) is 2. The fourth-order valence-corrected chi connectivity index (χ4v) is 1.60. The summed E-state index contributed by atoms with van der Waals surface area (Å²) in [6.45, 7) is 0. The number of carboxylic acid groups (broad SMARTS) is 1. The van der Waals surface area contributed by atoms with Gasteiger partial charge in [0.25, 0.3) is 0 Å². The van der Waals surface area contributed by atoms with Crippen molar-refractivity contribution in [3.05, 3.63) is 0 Å². The molecule has 2 unspecified atom stereocenters. The number of carbonyl (C=O) groups is 1. The van der Waals surface area contributed by atoms with Crippen LogP contribution in [0.1, 0.15) is 32.1 Å². The van der Waals surface area contributed by atoms with Gasteiger partial charge in [0, 0.05) is 6.04 Å². The molecule has 4 nitrogen and oxygen atoms in total. The molecular weight excluding hydrogens is 158 g/mol. The van der Waals surface area contributed by atoms with E-state index in [2.05, 4.69) is 5.32 Å². The summed E-state index contributed by atoms with van der Waals surface area (Å²) < 4.78 is 0. The van der Waals surface area contributed by atoms with E-state index in [1.165, 1.54) is 0 Å². The molecule has 0 saturated heterocycles. The summed E-state index contributed by atoms with van der Waals surface area (Å²) in [6.07, 6.45) is 2.84. The number of hydrogen-bond donors (Lipinski definition) is 3. The highest BCUT2D eigenvalue weighted by molar-refractivity contribution is 5.64. The van der Waals surface area contributed by atoms with Crippen LogP contribution in [0.2, 0.25) is 0 Å². The lowest BCUT2D eigenvalue weighted by Crippen LogP contribution is -2.33. The Kier molecular flexibility index (Phi) is 3.34. The Balaban J connectivity index is 2.30. The van der Waals surface area contributed by atoms with Gasteiger partial charge in [-0.25, -0.2) is 4.79 Å². The molecule has 0 spiro atoms. The third-order valence-corrected chi connectivity index (χ3v) is 2.27. The van der Waals surface area contributed by atoms with Crippen LogP contribution in [0, 0.1) is 0 Å². The summed E-state index contributed by atoms with van der Waals surface area (Å²) in [5, 5.41) is 20.2. The van der Waals surface area contributed by atoms with Gasteiger partial charge in [0.05, 0.1) is 6.10 Å². The molecule has 12 heavy (non-hydrogen) atoms. The first-order chi connectivity index (χ1) is 5.68. The average Bonchev–Trinajstić information content (AvgIpc) is 2.15. The molecule has 0 aromatic heterocycles. The van der Waals surface area contributed by atoms with E-state index >= 15 is 0 Å². The number of nitrogens with one attached hydrogen (secondary N) is 1. The zero-order valence-electron chi connectivity index (χ0n) is 6.99. The summed E-state index contributed by atoms with van der Waals surface area (Å²) in [5.41, 5.74) is 0. The third-order valence-electron chi connectivity index (χ3n) is 2.27. The van der Waals surface area contributed by atoms with Crippen LogP contribution in [-0.4, -0.2) is 28.5 Å². The molecule has 70 valence electrons. The predicted octanol–water partition coefficient (Wildman–Crippen LogP) is 0.948. The second-order valence-corrected chi connectivity index (χ2v) is 3.31. The SMILES string of the molecule is O=C(O)NC1CCCC(O)CC1. The number of aliphatic hydroxyl groups is 1. The first kappa shape index (κ1) is 9.32. The highest BCUT2D eigenvalue weighted by atomic mass is 16.4. The molecule has 0 radical (unpaired) electrons. The Hall–Kier alpha value is -0.770. The fourth-order valence-electron chi connectivity index (χ4n) is 1.60. The van der Waals surface area contributed by atoms with Crippen molar-refractivity contribution < 1.29 is 15.0 Å². The molecule has 0 aromatic carbocycles. The summed E-state index contributed by atoms with van der Waals surface area (Å²) >= 11 is 0. The molecule has 1 saturated carbocycles. The Morgan fingerprint density at radius 2 is 2.00 bits per heavy atom. The third kappa shape index (κ3) is 3.09. The van der Waals surface area contributed by atoms with Crippen LogP contribution in [0.25, 0.3) is 0 Å². The molecule has 1 amide bonds. The van der Waals surface area contributed by atoms with Gasteiger partial charge in [-0.05, 0) is 32.1 Å². The zero-order chi connectivity index (χ0) is 8.97. The van der Waals surface area contributed by atoms with Crippen molar-refractivity contribution in [2.75, 3.05) is 0 Å². The second-order valence-electron chi connectivity index (χ2n) is 3.31. The van der Waals surface area contributed by atoms with Gasteiger partial charge in [-0.3, -0.25) is 0 Å². The second kappa shape index (κ2) is 4.30. The lowest BCUT2D eigenvalue weighted by atomic mass is 10.1. The van der Waals surface area contributed by atoms with E-state index in [-0.39, 0.29) is 12.1 Å². The maximum absolute atomic E-state index is 10.3. The minimum Gasteiger partial charge on any atom is -0.465 e. The van der Waals surface area contributed by atoms with Gasteiger partial charge in [-0.1, -0.05) is 0 Å². The van der Waals surface area contributed by atoms with Crippen molar-refractivity contribution in [3.63, 3.8) is 0 Å². The van der Waals surface area contributed by atoms with Crippen molar-refractivity contribution in [3.8, 4) is 0 Å². The summed E-state index contributed by atoms with van der Waals surface area (Å²) in [4.78, 5) is 10.3. The van der Waals surface area contributed by atoms with Crippen LogP contribution < -0.4 is 5.32 Å². The minimum atomic E-state index is -0.962. The first-order valence-corrected chi connectivity index (χ1v) is 4.36. The quantitative estimate of drug-likeness (QED) is 0.517. The number of amides is 1. The molecule has 1 rings (SSSR count). The maximum atomic E-state index is 10.3. The largest absolute Gasteiger partial charge is 0.465 e. The van der Waals surface area contributed by atoms with Gasteiger partial charge >= 0.3 is 6.09 Å². The normalized spacial score (nSPS) is 30.8. The average molecular weight is 173 g/mol. The minimum absolute atomic E-state index is 0.0413. The molecule has 1 aliphatic rings. The Morgan fingerprint density at radius 3 is 2.67 bits per heavy atom.